The van der Waals surface area contributed by atoms with Crippen LogP contribution in [0, 0.1) is 6.54 Å². The van der Waals surface area contributed by atoms with E-state index in [9.17, 15) is 0 Å². The summed E-state index contributed by atoms with van der Waals surface area (Å²) >= 11 is 0. The van der Waals surface area contributed by atoms with Crippen LogP contribution in [0.15, 0.2) is 0 Å². The fourth-order valence-corrected chi connectivity index (χ4v) is 0.836. The highest BCUT2D eigenvalue weighted by Crippen LogP contribution is 1.91. The summed E-state index contributed by atoms with van der Waals surface area (Å²) in [5.41, 5.74) is 0. The molecule has 0 aromatic heterocycles. The number of rotatable bonds is 0. The van der Waals surface area contributed by atoms with Gasteiger partial charge in [0.25, 0.3) is 0 Å². The van der Waals surface area contributed by atoms with Crippen LogP contribution in [0.25, 0.3) is 0 Å². The molecule has 1 rings (SSSR count). The van der Waals surface area contributed by atoms with E-state index >= 15 is 0 Å². The summed E-state index contributed by atoms with van der Waals surface area (Å²) in [4.78, 5) is 0. The van der Waals surface area contributed by atoms with E-state index in [0.717, 1.165) is 13.1 Å². The lowest BCUT2D eigenvalue weighted by Crippen LogP contribution is -2.22. The zero-order valence-corrected chi connectivity index (χ0v) is 5.28. The first kappa shape index (κ1) is 6.05. The molecule has 1 unspecified atom stereocenters. The van der Waals surface area contributed by atoms with Gasteiger partial charge in [0, 0.05) is 19.1 Å². The lowest BCUT2D eigenvalue weighted by Gasteiger charge is -2.05. The first-order valence-corrected chi connectivity index (χ1v) is 3.18. The molecule has 0 spiro atoms. The van der Waals surface area contributed by atoms with Crippen molar-refractivity contribution >= 4 is 0 Å². The number of nitrogens with one attached hydrogen (secondary N) is 2. The topological polar surface area (TPSA) is 24.1 Å². The predicted octanol–water partition coefficient (Wildman–Crippen LogP) is 0.120. The van der Waals surface area contributed by atoms with E-state index in [1.807, 2.05) is 0 Å². The van der Waals surface area contributed by atoms with Crippen LogP contribution in [0.5, 0.6) is 0 Å². The third kappa shape index (κ3) is 1.80. The van der Waals surface area contributed by atoms with Gasteiger partial charge in [-0.05, 0) is 19.9 Å². The molecule has 0 aliphatic carbocycles. The van der Waals surface area contributed by atoms with Gasteiger partial charge in [0.1, 0.15) is 0 Å². The van der Waals surface area contributed by atoms with E-state index in [-0.39, 0.29) is 0 Å². The van der Waals surface area contributed by atoms with Gasteiger partial charge in [0.15, 0.2) is 0 Å². The van der Waals surface area contributed by atoms with Gasteiger partial charge in [0.05, 0.1) is 0 Å². The Labute approximate surface area is 50.7 Å². The third-order valence-electron chi connectivity index (χ3n) is 1.40. The Hall–Kier alpha value is -0.0800. The van der Waals surface area contributed by atoms with Gasteiger partial charge in [-0.25, -0.2) is 0 Å². The Kier molecular flexibility index (Phi) is 2.30. The summed E-state index contributed by atoms with van der Waals surface area (Å²) in [5.74, 6) is 0. The number of hydrogen-bond donors (Lipinski definition) is 2. The molecule has 0 aromatic carbocycles. The van der Waals surface area contributed by atoms with Gasteiger partial charge in [-0.3, -0.25) is 0 Å². The van der Waals surface area contributed by atoms with Crippen LogP contribution in [0.1, 0.15) is 13.3 Å². The normalized spacial score (nSPS) is 31.9. The standard InChI is InChI=1S/C6H13N2/c1-6-2-3-7-4-5-8-6/h5-8H,2-4H2,1H3. The molecule has 1 saturated heterocycles. The summed E-state index contributed by atoms with van der Waals surface area (Å²) in [7, 11) is 0. The molecule has 1 fully saturated rings. The second kappa shape index (κ2) is 3.05. The Morgan fingerprint density at radius 2 is 2.50 bits per heavy atom. The Bertz CT molecular complexity index is 55.5. The monoisotopic (exact) mass is 113 g/mol. The van der Waals surface area contributed by atoms with Crippen molar-refractivity contribution in [2.75, 3.05) is 13.1 Å². The molecule has 0 saturated carbocycles. The summed E-state index contributed by atoms with van der Waals surface area (Å²) < 4.78 is 0. The van der Waals surface area contributed by atoms with E-state index in [2.05, 4.69) is 24.1 Å². The fraction of sp³-hybridized carbons (Fsp3) is 0.833. The van der Waals surface area contributed by atoms with E-state index in [1.54, 1.807) is 0 Å². The highest BCUT2D eigenvalue weighted by atomic mass is 15.0. The molecule has 47 valence electrons. The van der Waals surface area contributed by atoms with Crippen molar-refractivity contribution < 1.29 is 0 Å². The lowest BCUT2D eigenvalue weighted by molar-refractivity contribution is 0.589. The fourth-order valence-electron chi connectivity index (χ4n) is 0.836. The summed E-state index contributed by atoms with van der Waals surface area (Å²) in [6.07, 6.45) is 1.23. The van der Waals surface area contributed by atoms with Crippen LogP contribution in [0.2, 0.25) is 0 Å². The van der Waals surface area contributed by atoms with Gasteiger partial charge in [0.2, 0.25) is 0 Å². The van der Waals surface area contributed by atoms with Crippen molar-refractivity contribution in [2.24, 2.45) is 0 Å². The minimum Gasteiger partial charge on any atom is -0.315 e. The van der Waals surface area contributed by atoms with E-state index in [4.69, 9.17) is 0 Å². The third-order valence-corrected chi connectivity index (χ3v) is 1.40. The number of hydrogen-bond acceptors (Lipinski definition) is 2. The highest BCUT2D eigenvalue weighted by Gasteiger charge is 2.03. The average Bonchev–Trinajstić information content (AvgIpc) is 1.94. The minimum absolute atomic E-state index is 0.657. The molecule has 2 nitrogen and oxygen atoms in total. The summed E-state index contributed by atoms with van der Waals surface area (Å²) in [6.45, 7) is 6.43. The zero-order valence-electron chi connectivity index (χ0n) is 5.28. The van der Waals surface area contributed by atoms with Crippen molar-refractivity contribution in [3.8, 4) is 0 Å². The van der Waals surface area contributed by atoms with Crippen molar-refractivity contribution in [3.63, 3.8) is 0 Å². The molecule has 0 bridgehead atoms. The van der Waals surface area contributed by atoms with Crippen LogP contribution >= 0.6 is 0 Å². The zero-order chi connectivity index (χ0) is 5.82. The van der Waals surface area contributed by atoms with Crippen molar-refractivity contribution in [1.29, 1.82) is 0 Å². The first-order valence-electron chi connectivity index (χ1n) is 3.18. The highest BCUT2D eigenvalue weighted by molar-refractivity contribution is 4.75. The van der Waals surface area contributed by atoms with Crippen molar-refractivity contribution in [1.82, 2.24) is 10.6 Å². The maximum absolute atomic E-state index is 3.26. The molecule has 1 radical (unpaired) electrons. The lowest BCUT2D eigenvalue weighted by atomic mass is 10.2. The predicted molar refractivity (Wildman–Crippen MR) is 34.4 cm³/mol. The van der Waals surface area contributed by atoms with Gasteiger partial charge >= 0.3 is 0 Å². The summed E-state index contributed by atoms with van der Waals surface area (Å²) in [6, 6.07) is 0.657. The largest absolute Gasteiger partial charge is 0.315 e. The molecule has 8 heavy (non-hydrogen) atoms. The van der Waals surface area contributed by atoms with E-state index < -0.39 is 0 Å². The van der Waals surface area contributed by atoms with Crippen LogP contribution in [-0.2, 0) is 0 Å². The van der Waals surface area contributed by atoms with Crippen LogP contribution in [0.4, 0.5) is 0 Å². The van der Waals surface area contributed by atoms with Crippen molar-refractivity contribution in [3.05, 3.63) is 6.54 Å². The molecule has 1 atom stereocenters. The molecule has 2 heteroatoms. The molecule has 2 N–H and O–H groups in total. The SMILES string of the molecule is CC1CCNC[CH]N1. The van der Waals surface area contributed by atoms with Crippen LogP contribution in [-0.4, -0.2) is 19.1 Å². The van der Waals surface area contributed by atoms with E-state index in [0.29, 0.717) is 6.04 Å². The Morgan fingerprint density at radius 3 is 3.38 bits per heavy atom. The van der Waals surface area contributed by atoms with Crippen molar-refractivity contribution in [2.45, 2.75) is 19.4 Å². The molecule has 0 amide bonds. The van der Waals surface area contributed by atoms with E-state index in [1.165, 1.54) is 6.42 Å². The molecular formula is C6H13N2. The molecule has 0 aromatic rings. The maximum Gasteiger partial charge on any atom is 0.0361 e. The quantitative estimate of drug-likeness (QED) is 0.466. The van der Waals surface area contributed by atoms with Crippen LogP contribution < -0.4 is 10.6 Å². The second-order valence-electron chi connectivity index (χ2n) is 2.26. The smallest absolute Gasteiger partial charge is 0.0361 e. The van der Waals surface area contributed by atoms with Gasteiger partial charge in [-0.1, -0.05) is 0 Å². The Morgan fingerprint density at radius 1 is 1.62 bits per heavy atom. The second-order valence-corrected chi connectivity index (χ2v) is 2.26. The molecule has 1 aliphatic rings. The van der Waals surface area contributed by atoms with Crippen LogP contribution in [0.3, 0.4) is 0 Å². The molecule has 1 aliphatic heterocycles. The van der Waals surface area contributed by atoms with Gasteiger partial charge < -0.3 is 10.6 Å². The molecule has 1 heterocycles. The first-order chi connectivity index (χ1) is 3.89. The Balaban J connectivity index is 2.17. The van der Waals surface area contributed by atoms with Gasteiger partial charge in [-0.2, -0.15) is 0 Å². The average molecular weight is 113 g/mol. The summed E-state index contributed by atoms with van der Waals surface area (Å²) in [5, 5.41) is 6.52. The molecular weight excluding hydrogens is 100 g/mol. The van der Waals surface area contributed by atoms with Gasteiger partial charge in [-0.15, -0.1) is 0 Å². The minimum atomic E-state index is 0.657. The maximum atomic E-state index is 3.26.